The molecule has 6 nitrogen and oxygen atoms in total. The lowest BCUT2D eigenvalue weighted by atomic mass is 10.2. The highest BCUT2D eigenvalue weighted by atomic mass is 127. The summed E-state index contributed by atoms with van der Waals surface area (Å²) in [5, 5.41) is 16.4. The quantitative estimate of drug-likeness (QED) is 0.445. The molecule has 2 aromatic heterocycles. The molecule has 1 aliphatic carbocycles. The zero-order chi connectivity index (χ0) is 18.4. The third-order valence-corrected chi connectivity index (χ3v) is 4.86. The fourth-order valence-corrected chi connectivity index (χ4v) is 3.18. The zero-order valence-electron chi connectivity index (χ0n) is 13.3. The molecule has 0 spiro atoms. The minimum atomic E-state index is -2.73. The molecule has 2 N–H and O–H groups in total. The Morgan fingerprint density at radius 1 is 1.35 bits per heavy atom. The molecule has 0 aliphatic heterocycles. The van der Waals surface area contributed by atoms with Gasteiger partial charge in [-0.2, -0.15) is 5.10 Å². The largest absolute Gasteiger partial charge is 0.506 e. The third kappa shape index (κ3) is 3.11. The smallest absolute Gasteiger partial charge is 0.280 e. The molecule has 4 rings (SSSR count). The highest BCUT2D eigenvalue weighted by Crippen LogP contribution is 2.40. The van der Waals surface area contributed by atoms with Crippen molar-refractivity contribution in [3.05, 3.63) is 51.0 Å². The summed E-state index contributed by atoms with van der Waals surface area (Å²) in [5.74, 6) is -0.498. The summed E-state index contributed by atoms with van der Waals surface area (Å²) >= 11 is 2.04. The number of rotatable bonds is 4. The van der Waals surface area contributed by atoms with E-state index < -0.39 is 12.3 Å². The minimum absolute atomic E-state index is 0.0762. The van der Waals surface area contributed by atoms with Crippen LogP contribution in [0.2, 0.25) is 0 Å². The number of fused-ring (bicyclic) bond motifs is 1. The van der Waals surface area contributed by atoms with Crippen molar-refractivity contribution in [1.82, 2.24) is 14.6 Å². The Morgan fingerprint density at radius 3 is 2.77 bits per heavy atom. The van der Waals surface area contributed by atoms with Crippen LogP contribution in [0.15, 0.2) is 30.5 Å². The SMILES string of the molecule is O=C(Nc1ccc(I)cc1O)c1cnn2c(C(F)F)cc(C3CC3)nc12. The summed E-state index contributed by atoms with van der Waals surface area (Å²) in [6.45, 7) is 0. The van der Waals surface area contributed by atoms with Gasteiger partial charge in [0.05, 0.1) is 11.9 Å². The number of benzene rings is 1. The second kappa shape index (κ2) is 6.45. The molecular weight excluding hydrogens is 457 g/mol. The van der Waals surface area contributed by atoms with Gasteiger partial charge in [0.15, 0.2) is 5.65 Å². The van der Waals surface area contributed by atoms with Crippen molar-refractivity contribution < 1.29 is 18.7 Å². The average molecular weight is 470 g/mol. The maximum absolute atomic E-state index is 13.4. The second-order valence-corrected chi connectivity index (χ2v) is 7.34. The monoisotopic (exact) mass is 470 g/mol. The van der Waals surface area contributed by atoms with E-state index in [2.05, 4.69) is 15.4 Å². The number of carbonyl (C=O) groups is 1. The van der Waals surface area contributed by atoms with Crippen molar-refractivity contribution in [2.45, 2.75) is 25.2 Å². The molecule has 1 aliphatic rings. The van der Waals surface area contributed by atoms with Crippen molar-refractivity contribution in [2.75, 3.05) is 5.32 Å². The number of anilines is 1. The summed E-state index contributed by atoms with van der Waals surface area (Å²) in [4.78, 5) is 17.0. The molecular formula is C17H13F2IN4O2. The van der Waals surface area contributed by atoms with Crippen molar-refractivity contribution in [3.8, 4) is 5.75 Å². The van der Waals surface area contributed by atoms with E-state index in [0.717, 1.165) is 20.9 Å². The van der Waals surface area contributed by atoms with Gasteiger partial charge in [-0.1, -0.05) is 0 Å². The van der Waals surface area contributed by atoms with Crippen LogP contribution in [-0.4, -0.2) is 25.6 Å². The molecule has 3 aromatic rings. The van der Waals surface area contributed by atoms with Crippen LogP contribution < -0.4 is 5.32 Å². The molecule has 0 unspecified atom stereocenters. The number of carbonyl (C=O) groups excluding carboxylic acids is 1. The van der Waals surface area contributed by atoms with Crippen molar-refractivity contribution >= 4 is 39.8 Å². The first kappa shape index (κ1) is 17.1. The van der Waals surface area contributed by atoms with Crippen LogP contribution in [0.25, 0.3) is 5.65 Å². The Hall–Kier alpha value is -2.30. The van der Waals surface area contributed by atoms with E-state index in [1.165, 1.54) is 18.3 Å². The normalized spacial score (nSPS) is 14.2. The average Bonchev–Trinajstić information content (AvgIpc) is 3.35. The van der Waals surface area contributed by atoms with Crippen LogP contribution in [0, 0.1) is 3.57 Å². The zero-order valence-corrected chi connectivity index (χ0v) is 15.4. The van der Waals surface area contributed by atoms with Gasteiger partial charge in [0, 0.05) is 15.2 Å². The van der Waals surface area contributed by atoms with E-state index >= 15 is 0 Å². The number of halogens is 3. The number of phenols is 1. The fourth-order valence-electron chi connectivity index (χ4n) is 2.71. The predicted molar refractivity (Wildman–Crippen MR) is 98.7 cm³/mol. The number of nitrogens with one attached hydrogen (secondary N) is 1. The molecule has 1 aromatic carbocycles. The van der Waals surface area contributed by atoms with Crippen LogP contribution in [-0.2, 0) is 0 Å². The molecule has 1 amide bonds. The number of alkyl halides is 2. The van der Waals surface area contributed by atoms with E-state index in [9.17, 15) is 18.7 Å². The van der Waals surface area contributed by atoms with Gasteiger partial charge in [-0.3, -0.25) is 4.79 Å². The van der Waals surface area contributed by atoms with Gasteiger partial charge in [-0.05, 0) is 59.7 Å². The predicted octanol–water partition coefficient (Wildman–Crippen LogP) is 4.11. The third-order valence-electron chi connectivity index (χ3n) is 4.19. The van der Waals surface area contributed by atoms with Gasteiger partial charge in [0.25, 0.3) is 12.3 Å². The lowest BCUT2D eigenvalue weighted by Gasteiger charge is -2.09. The molecule has 0 saturated heterocycles. The van der Waals surface area contributed by atoms with Gasteiger partial charge in [0.2, 0.25) is 0 Å². The number of nitrogens with zero attached hydrogens (tertiary/aromatic N) is 3. The van der Waals surface area contributed by atoms with E-state index in [0.29, 0.717) is 5.69 Å². The van der Waals surface area contributed by atoms with Gasteiger partial charge in [-0.15, -0.1) is 0 Å². The summed E-state index contributed by atoms with van der Waals surface area (Å²) in [6.07, 6.45) is 0.286. The lowest BCUT2D eigenvalue weighted by Crippen LogP contribution is -2.13. The first-order valence-corrected chi connectivity index (χ1v) is 8.98. The number of aromatic hydroxyl groups is 1. The van der Waals surface area contributed by atoms with Crippen LogP contribution in [0.3, 0.4) is 0 Å². The number of hydrogen-bond donors (Lipinski definition) is 2. The molecule has 0 radical (unpaired) electrons. The molecule has 2 heterocycles. The standard InChI is InChI=1S/C17H13F2IN4O2/c18-15(19)13-6-12(8-1-2-8)22-16-10(7-21-24(13)16)17(26)23-11-4-3-9(20)5-14(11)25/h3-8,15,25H,1-2H2,(H,23,26). The maximum atomic E-state index is 13.4. The first-order valence-electron chi connectivity index (χ1n) is 7.90. The Bertz CT molecular complexity index is 1020. The summed E-state index contributed by atoms with van der Waals surface area (Å²) < 4.78 is 28.6. The number of amides is 1. The molecule has 1 fully saturated rings. The van der Waals surface area contributed by atoms with Crippen LogP contribution in [0.5, 0.6) is 5.75 Å². The van der Waals surface area contributed by atoms with E-state index in [4.69, 9.17) is 0 Å². The first-order chi connectivity index (χ1) is 12.4. The fraction of sp³-hybridized carbons (Fsp3) is 0.235. The second-order valence-electron chi connectivity index (χ2n) is 6.09. The molecule has 134 valence electrons. The topological polar surface area (TPSA) is 79.5 Å². The van der Waals surface area contributed by atoms with Crippen molar-refractivity contribution in [1.29, 1.82) is 0 Å². The summed E-state index contributed by atoms with van der Waals surface area (Å²) in [7, 11) is 0. The molecule has 9 heteroatoms. The van der Waals surface area contributed by atoms with Gasteiger partial charge < -0.3 is 10.4 Å². The molecule has 1 saturated carbocycles. The van der Waals surface area contributed by atoms with E-state index in [1.54, 1.807) is 12.1 Å². The lowest BCUT2D eigenvalue weighted by molar-refractivity contribution is 0.102. The van der Waals surface area contributed by atoms with Gasteiger partial charge in [-0.25, -0.2) is 18.3 Å². The molecule has 26 heavy (non-hydrogen) atoms. The number of aromatic nitrogens is 3. The Labute approximate surface area is 160 Å². The van der Waals surface area contributed by atoms with Crippen molar-refractivity contribution in [3.63, 3.8) is 0 Å². The van der Waals surface area contributed by atoms with Crippen LogP contribution in [0.4, 0.5) is 14.5 Å². The summed E-state index contributed by atoms with van der Waals surface area (Å²) in [5.41, 5.74) is 0.661. The summed E-state index contributed by atoms with van der Waals surface area (Å²) in [6, 6.07) is 6.15. The molecule has 0 atom stereocenters. The molecule has 0 bridgehead atoms. The highest BCUT2D eigenvalue weighted by molar-refractivity contribution is 14.1. The van der Waals surface area contributed by atoms with Gasteiger partial charge in [0.1, 0.15) is 17.0 Å². The highest BCUT2D eigenvalue weighted by Gasteiger charge is 2.29. The van der Waals surface area contributed by atoms with Crippen molar-refractivity contribution in [2.24, 2.45) is 0 Å². The Morgan fingerprint density at radius 2 is 2.12 bits per heavy atom. The van der Waals surface area contributed by atoms with E-state index in [-0.39, 0.29) is 34.3 Å². The number of hydrogen-bond acceptors (Lipinski definition) is 4. The van der Waals surface area contributed by atoms with E-state index in [1.807, 2.05) is 22.6 Å². The Balaban J connectivity index is 1.75. The maximum Gasteiger partial charge on any atom is 0.280 e. The number of phenolic OH excluding ortho intramolecular Hbond substituents is 1. The van der Waals surface area contributed by atoms with Crippen LogP contribution >= 0.6 is 22.6 Å². The minimum Gasteiger partial charge on any atom is -0.506 e. The van der Waals surface area contributed by atoms with Gasteiger partial charge >= 0.3 is 0 Å². The Kier molecular flexibility index (Phi) is 4.25. The van der Waals surface area contributed by atoms with Crippen LogP contribution in [0.1, 0.15) is 46.9 Å².